The van der Waals surface area contributed by atoms with Crippen molar-refractivity contribution in [2.24, 2.45) is 5.41 Å². The van der Waals surface area contributed by atoms with Gasteiger partial charge in [-0.3, -0.25) is 9.59 Å². The second-order valence-electron chi connectivity index (χ2n) is 6.65. The Morgan fingerprint density at radius 1 is 1.31 bits per heavy atom. The van der Waals surface area contributed by atoms with Crippen LogP contribution >= 0.6 is 0 Å². The Kier molecular flexibility index (Phi) is 6.28. The first-order valence-electron chi connectivity index (χ1n) is 8.31. The number of likely N-dealkylation sites (tertiary alicyclic amines) is 1. The van der Waals surface area contributed by atoms with Gasteiger partial charge in [0.1, 0.15) is 5.41 Å². The highest BCUT2D eigenvalue weighted by molar-refractivity contribution is 5.80. The van der Waals surface area contributed by atoms with Crippen LogP contribution in [-0.2, 0) is 14.3 Å². The zero-order valence-electron chi connectivity index (χ0n) is 14.5. The summed E-state index contributed by atoms with van der Waals surface area (Å²) in [5, 5.41) is 9.51. The number of halogens is 3. The number of carboxylic acids is 1. The molecule has 1 aromatic rings. The molecule has 26 heavy (non-hydrogen) atoms. The maximum Gasteiger partial charge on any atom is 0.396 e. The van der Waals surface area contributed by atoms with Gasteiger partial charge in [-0.2, -0.15) is 13.2 Å². The number of piperidine rings is 1. The Balaban J connectivity index is 2.17. The second-order valence-corrected chi connectivity index (χ2v) is 6.65. The quantitative estimate of drug-likeness (QED) is 0.832. The highest BCUT2D eigenvalue weighted by atomic mass is 19.4. The van der Waals surface area contributed by atoms with Gasteiger partial charge in [-0.15, -0.1) is 0 Å². The highest BCUT2D eigenvalue weighted by Gasteiger charge is 2.46. The molecule has 1 aromatic carbocycles. The van der Waals surface area contributed by atoms with Crippen LogP contribution in [0, 0.1) is 5.41 Å². The van der Waals surface area contributed by atoms with Crippen LogP contribution in [-0.4, -0.2) is 54.9 Å². The number of nitrogens with zero attached hydrogens (tertiary/aromatic N) is 1. The predicted octanol–water partition coefficient (Wildman–Crippen LogP) is 3.06. The first-order valence-corrected chi connectivity index (χ1v) is 8.31. The summed E-state index contributed by atoms with van der Waals surface area (Å²) in [6.07, 6.45) is -4.58. The van der Waals surface area contributed by atoms with Crippen LogP contribution in [0.25, 0.3) is 0 Å². The van der Waals surface area contributed by atoms with Crippen LogP contribution in [0.2, 0.25) is 0 Å². The number of aliphatic carboxylic acids is 1. The Bertz CT molecular complexity index is 631. The van der Waals surface area contributed by atoms with Crippen molar-refractivity contribution in [1.82, 2.24) is 4.90 Å². The topological polar surface area (TPSA) is 66.8 Å². The van der Waals surface area contributed by atoms with Gasteiger partial charge in [0.15, 0.2) is 0 Å². The zero-order chi connectivity index (χ0) is 19.4. The molecule has 0 saturated carbocycles. The summed E-state index contributed by atoms with van der Waals surface area (Å²) in [6.45, 7) is 0.0127. The van der Waals surface area contributed by atoms with E-state index in [4.69, 9.17) is 4.74 Å². The lowest BCUT2D eigenvalue weighted by molar-refractivity contribution is -0.166. The lowest BCUT2D eigenvalue weighted by Crippen LogP contribution is -2.52. The van der Waals surface area contributed by atoms with E-state index >= 15 is 0 Å². The Morgan fingerprint density at radius 2 is 1.96 bits per heavy atom. The molecule has 2 rings (SSSR count). The molecule has 0 bridgehead atoms. The van der Waals surface area contributed by atoms with Crippen molar-refractivity contribution in [2.45, 2.75) is 31.4 Å². The van der Waals surface area contributed by atoms with Crippen LogP contribution in [0.1, 0.15) is 30.7 Å². The lowest BCUT2D eigenvalue weighted by Gasteiger charge is -2.40. The smallest absolute Gasteiger partial charge is 0.396 e. The molecular formula is C18H22F3NO4. The summed E-state index contributed by atoms with van der Waals surface area (Å²) in [4.78, 5) is 25.4. The molecule has 0 aliphatic carbocycles. The number of carbonyl (C=O) groups excluding carboxylic acids is 1. The molecule has 1 heterocycles. The standard InChI is InChI=1S/C18H22F3NO4/c1-26-12-17(16(24)25)8-5-9-22(11-17)15(23)10-14(18(19,20)21)13-6-3-2-4-7-13/h2-4,6-7,14H,5,8-12H2,1H3,(H,24,25). The Labute approximate surface area is 149 Å². The number of carbonyl (C=O) groups is 2. The van der Waals surface area contributed by atoms with Gasteiger partial charge in [0, 0.05) is 26.6 Å². The van der Waals surface area contributed by atoms with Crippen molar-refractivity contribution in [3.05, 3.63) is 35.9 Å². The van der Waals surface area contributed by atoms with E-state index in [1.54, 1.807) is 6.07 Å². The number of benzene rings is 1. The third kappa shape index (κ3) is 4.55. The molecule has 5 nitrogen and oxygen atoms in total. The van der Waals surface area contributed by atoms with Crippen LogP contribution in [0.4, 0.5) is 13.2 Å². The monoisotopic (exact) mass is 373 g/mol. The van der Waals surface area contributed by atoms with Crippen LogP contribution in [0.5, 0.6) is 0 Å². The minimum Gasteiger partial charge on any atom is -0.481 e. The van der Waals surface area contributed by atoms with Crippen molar-refractivity contribution < 1.29 is 32.6 Å². The molecular weight excluding hydrogens is 351 g/mol. The molecule has 0 spiro atoms. The molecule has 1 N–H and O–H groups in total. The zero-order valence-corrected chi connectivity index (χ0v) is 14.5. The van der Waals surface area contributed by atoms with E-state index < -0.39 is 35.8 Å². The van der Waals surface area contributed by atoms with Gasteiger partial charge in [-0.1, -0.05) is 30.3 Å². The Morgan fingerprint density at radius 3 is 2.50 bits per heavy atom. The number of hydrogen-bond acceptors (Lipinski definition) is 3. The van der Waals surface area contributed by atoms with E-state index in [1.807, 2.05) is 0 Å². The van der Waals surface area contributed by atoms with Gasteiger partial charge < -0.3 is 14.7 Å². The Hall–Kier alpha value is -2.09. The average molecular weight is 373 g/mol. The van der Waals surface area contributed by atoms with E-state index in [9.17, 15) is 27.9 Å². The fourth-order valence-corrected chi connectivity index (χ4v) is 3.39. The van der Waals surface area contributed by atoms with Crippen LogP contribution in [0.3, 0.4) is 0 Å². The van der Waals surface area contributed by atoms with E-state index in [0.717, 1.165) is 0 Å². The van der Waals surface area contributed by atoms with Crippen molar-refractivity contribution >= 4 is 11.9 Å². The first-order chi connectivity index (χ1) is 12.2. The molecule has 2 atom stereocenters. The largest absolute Gasteiger partial charge is 0.481 e. The van der Waals surface area contributed by atoms with Crippen molar-refractivity contribution in [3.8, 4) is 0 Å². The summed E-state index contributed by atoms with van der Waals surface area (Å²) < 4.78 is 45.3. The minimum absolute atomic E-state index is 0.0201. The number of ether oxygens (including phenoxy) is 1. The third-order valence-corrected chi connectivity index (χ3v) is 4.78. The van der Waals surface area contributed by atoms with E-state index in [0.29, 0.717) is 12.8 Å². The number of carboxylic acid groups (broad SMARTS) is 1. The van der Waals surface area contributed by atoms with Crippen LogP contribution < -0.4 is 0 Å². The average Bonchev–Trinajstić information content (AvgIpc) is 2.59. The number of hydrogen-bond donors (Lipinski definition) is 1. The molecule has 0 aromatic heterocycles. The number of alkyl halides is 3. The molecule has 1 amide bonds. The first kappa shape index (κ1) is 20.2. The molecule has 1 saturated heterocycles. The molecule has 1 aliphatic rings. The van der Waals surface area contributed by atoms with E-state index in [-0.39, 0.29) is 25.3 Å². The SMILES string of the molecule is COCC1(C(=O)O)CCCN(C(=O)CC(c2ccccc2)C(F)(F)F)C1. The molecule has 2 unspecified atom stereocenters. The van der Waals surface area contributed by atoms with Crippen molar-refractivity contribution in [3.63, 3.8) is 0 Å². The minimum atomic E-state index is -4.57. The molecule has 8 heteroatoms. The maximum absolute atomic E-state index is 13.4. The van der Waals surface area contributed by atoms with Gasteiger partial charge >= 0.3 is 12.1 Å². The van der Waals surface area contributed by atoms with Gasteiger partial charge in [0.2, 0.25) is 5.91 Å². The van der Waals surface area contributed by atoms with Crippen LogP contribution in [0.15, 0.2) is 30.3 Å². The van der Waals surface area contributed by atoms with Gasteiger partial charge in [0.05, 0.1) is 12.5 Å². The summed E-state index contributed by atoms with van der Waals surface area (Å²) in [5.74, 6) is -3.72. The summed E-state index contributed by atoms with van der Waals surface area (Å²) in [7, 11) is 1.36. The lowest BCUT2D eigenvalue weighted by atomic mass is 9.80. The van der Waals surface area contributed by atoms with E-state index in [1.165, 1.54) is 36.3 Å². The normalized spacial score (nSPS) is 22.1. The van der Waals surface area contributed by atoms with Gasteiger partial charge in [-0.05, 0) is 18.4 Å². The second kappa shape index (κ2) is 8.07. The maximum atomic E-state index is 13.4. The highest BCUT2D eigenvalue weighted by Crippen LogP contribution is 2.39. The number of methoxy groups -OCH3 is 1. The number of rotatable bonds is 6. The van der Waals surface area contributed by atoms with Gasteiger partial charge in [0.25, 0.3) is 0 Å². The molecule has 144 valence electrons. The van der Waals surface area contributed by atoms with Crippen molar-refractivity contribution in [2.75, 3.05) is 26.8 Å². The fraction of sp³-hybridized carbons (Fsp3) is 0.556. The van der Waals surface area contributed by atoms with Crippen molar-refractivity contribution in [1.29, 1.82) is 0 Å². The molecule has 1 aliphatic heterocycles. The summed E-state index contributed by atoms with van der Waals surface area (Å²) in [6, 6.07) is 7.28. The fourth-order valence-electron chi connectivity index (χ4n) is 3.39. The van der Waals surface area contributed by atoms with Gasteiger partial charge in [-0.25, -0.2) is 0 Å². The van der Waals surface area contributed by atoms with E-state index in [2.05, 4.69) is 0 Å². The number of amides is 1. The predicted molar refractivity (Wildman–Crippen MR) is 87.6 cm³/mol. The third-order valence-electron chi connectivity index (χ3n) is 4.78. The summed E-state index contributed by atoms with van der Waals surface area (Å²) >= 11 is 0. The molecule has 1 fully saturated rings. The summed E-state index contributed by atoms with van der Waals surface area (Å²) in [5.41, 5.74) is -1.25. The molecule has 0 radical (unpaired) electrons.